The van der Waals surface area contributed by atoms with E-state index >= 15 is 0 Å². The molecule has 0 bridgehead atoms. The van der Waals surface area contributed by atoms with Crippen molar-refractivity contribution in [3.05, 3.63) is 58.4 Å². The van der Waals surface area contributed by atoms with E-state index in [1.165, 1.54) is 21.9 Å². The van der Waals surface area contributed by atoms with Crippen LogP contribution in [0.3, 0.4) is 0 Å². The molecule has 1 aromatic carbocycles. The van der Waals surface area contributed by atoms with Gasteiger partial charge >= 0.3 is 12.3 Å². The maximum atomic E-state index is 14.4. The summed E-state index contributed by atoms with van der Waals surface area (Å²) in [5, 5.41) is 5.56. The lowest BCUT2D eigenvalue weighted by Crippen LogP contribution is -2.57. The molecule has 5 atom stereocenters. The Morgan fingerprint density at radius 1 is 1.09 bits per heavy atom. The first-order valence-electron chi connectivity index (χ1n) is 17.5. The van der Waals surface area contributed by atoms with Crippen molar-refractivity contribution in [3.8, 4) is 0 Å². The molecule has 286 valence electrons. The lowest BCUT2D eigenvalue weighted by atomic mass is 10.1. The van der Waals surface area contributed by atoms with Gasteiger partial charge in [0.1, 0.15) is 29.5 Å². The molecule has 3 aliphatic heterocycles. The summed E-state index contributed by atoms with van der Waals surface area (Å²) in [5.74, 6) is -3.32. The van der Waals surface area contributed by atoms with Crippen LogP contribution in [0.25, 0.3) is 0 Å². The Hall–Kier alpha value is -4.26. The number of benzene rings is 1. The Balaban J connectivity index is 1.15. The van der Waals surface area contributed by atoms with E-state index in [-0.39, 0.29) is 44.0 Å². The summed E-state index contributed by atoms with van der Waals surface area (Å²) in [7, 11) is -3.96. The fourth-order valence-corrected chi connectivity index (χ4v) is 9.33. The first-order chi connectivity index (χ1) is 25.1. The van der Waals surface area contributed by atoms with E-state index in [2.05, 4.69) is 20.3 Å². The summed E-state index contributed by atoms with van der Waals surface area (Å²) < 4.78 is 87.9. The van der Waals surface area contributed by atoms with E-state index in [4.69, 9.17) is 4.74 Å². The quantitative estimate of drug-likeness (QED) is 0.288. The number of hydrogen-bond acceptors (Lipinski definition) is 10. The van der Waals surface area contributed by atoms with Crippen molar-refractivity contribution in [2.75, 3.05) is 11.9 Å². The Bertz CT molecular complexity index is 1940. The van der Waals surface area contributed by atoms with Crippen LogP contribution in [0.15, 0.2) is 35.7 Å². The molecule has 1 saturated heterocycles. The van der Waals surface area contributed by atoms with Gasteiger partial charge in [-0.25, -0.2) is 22.6 Å². The molecule has 0 radical (unpaired) electrons. The van der Waals surface area contributed by atoms with Crippen LogP contribution < -0.4 is 15.4 Å². The van der Waals surface area contributed by atoms with Crippen molar-refractivity contribution in [1.82, 2.24) is 24.8 Å². The number of hydrogen-bond donors (Lipinski definition) is 3. The Labute approximate surface area is 306 Å². The van der Waals surface area contributed by atoms with Crippen LogP contribution in [-0.2, 0) is 48.4 Å². The van der Waals surface area contributed by atoms with Crippen LogP contribution >= 0.6 is 11.3 Å². The summed E-state index contributed by atoms with van der Waals surface area (Å²) in [6.07, 6.45) is 0.475. The third kappa shape index (κ3) is 7.86. The van der Waals surface area contributed by atoms with Gasteiger partial charge in [0.2, 0.25) is 21.8 Å². The molecule has 5 aliphatic rings. The molecule has 2 aliphatic carbocycles. The molecule has 1 unspecified atom stereocenters. The maximum Gasteiger partial charge on any atom is 0.434 e. The van der Waals surface area contributed by atoms with E-state index in [0.29, 0.717) is 61.0 Å². The van der Waals surface area contributed by atoms with Gasteiger partial charge in [-0.1, -0.05) is 37.1 Å². The Morgan fingerprint density at radius 3 is 2.60 bits per heavy atom. The molecule has 53 heavy (non-hydrogen) atoms. The van der Waals surface area contributed by atoms with Gasteiger partial charge in [-0.15, -0.1) is 11.3 Å². The number of aromatic nitrogens is 1. The topological polar surface area (TPSA) is 167 Å². The molecule has 2 aromatic rings. The van der Waals surface area contributed by atoms with Crippen LogP contribution in [-0.4, -0.2) is 82.5 Å². The highest BCUT2D eigenvalue weighted by Crippen LogP contribution is 2.46. The van der Waals surface area contributed by atoms with E-state index in [1.54, 1.807) is 12.1 Å². The summed E-state index contributed by atoms with van der Waals surface area (Å²) in [6.45, 7) is -0.225. The van der Waals surface area contributed by atoms with Gasteiger partial charge in [-0.05, 0) is 50.2 Å². The molecule has 13 nitrogen and oxygen atoms in total. The molecule has 4 heterocycles. The highest BCUT2D eigenvalue weighted by molar-refractivity contribution is 7.91. The van der Waals surface area contributed by atoms with Gasteiger partial charge in [0.05, 0.1) is 18.3 Å². The number of amides is 4. The van der Waals surface area contributed by atoms with Crippen LogP contribution in [0.1, 0.15) is 74.6 Å². The first kappa shape index (κ1) is 37.1. The Kier molecular flexibility index (Phi) is 9.92. The zero-order chi connectivity index (χ0) is 37.7. The number of allylic oxidation sites excluding steroid dienone is 1. The first-order valence-corrected chi connectivity index (χ1v) is 19.9. The normalized spacial score (nSPS) is 28.5. The zero-order valence-corrected chi connectivity index (χ0v) is 30.0. The van der Waals surface area contributed by atoms with Crippen molar-refractivity contribution in [3.63, 3.8) is 0 Å². The third-order valence-corrected chi connectivity index (χ3v) is 13.0. The fraction of sp³-hybridized carbons (Fsp3) is 0.559. The highest BCUT2D eigenvalue weighted by Gasteiger charge is 2.62. The standard InChI is InChI=1S/C34H38F4N6O7S2/c35-24-9-6-7-19-15-43(17-23(19)24)32(48)51-21-13-26-28(45)41-33(30(47)42-53(49,50)22-11-12-22)14-20(33)8-4-2-1-3-5-10-25(29(46)44(26)16-21)39-31-40-27(18-52-31)34(36,37)38/h4,6-9,18,20-22,25-26H,1-3,5,10-17H2,(H,39,40)(H,41,45)(H,42,47)/b8-4-/t20?,21-,25+,26+,33-/m1/s1. The predicted molar refractivity (Wildman–Crippen MR) is 182 cm³/mol. The van der Waals surface area contributed by atoms with Crippen molar-refractivity contribution in [2.45, 2.75) is 106 Å². The highest BCUT2D eigenvalue weighted by atomic mass is 32.2. The number of alkyl halides is 3. The van der Waals surface area contributed by atoms with Crippen molar-refractivity contribution in [1.29, 1.82) is 0 Å². The summed E-state index contributed by atoms with van der Waals surface area (Å²) in [6, 6.07) is 2.09. The minimum atomic E-state index is -4.70. The number of nitrogens with zero attached hydrogens (tertiary/aromatic N) is 3. The van der Waals surface area contributed by atoms with Crippen LogP contribution in [0.2, 0.25) is 0 Å². The lowest BCUT2D eigenvalue weighted by molar-refractivity contribution is -0.140. The molecular formula is C34H38F4N6O7S2. The van der Waals surface area contributed by atoms with E-state index in [0.717, 1.165) is 5.38 Å². The number of carbonyl (C=O) groups is 4. The molecule has 3 fully saturated rings. The minimum absolute atomic E-state index is 0.0455. The van der Waals surface area contributed by atoms with Gasteiger partial charge < -0.3 is 20.3 Å². The second kappa shape index (κ2) is 14.2. The van der Waals surface area contributed by atoms with Crippen LogP contribution in [0.4, 0.5) is 27.5 Å². The van der Waals surface area contributed by atoms with Crippen LogP contribution in [0.5, 0.6) is 0 Å². The van der Waals surface area contributed by atoms with Gasteiger partial charge in [0.25, 0.3) is 5.91 Å². The average molecular weight is 783 g/mol. The molecule has 7 rings (SSSR count). The van der Waals surface area contributed by atoms with Gasteiger partial charge in [0.15, 0.2) is 10.8 Å². The van der Waals surface area contributed by atoms with E-state index in [1.807, 2.05) is 6.08 Å². The second-order valence-electron chi connectivity index (χ2n) is 14.2. The molecule has 19 heteroatoms. The number of nitrogens with one attached hydrogen (secondary N) is 3. The monoisotopic (exact) mass is 782 g/mol. The summed E-state index contributed by atoms with van der Waals surface area (Å²) in [4.78, 5) is 61.5. The fourth-order valence-electron chi connectivity index (χ4n) is 7.19. The van der Waals surface area contributed by atoms with Crippen LogP contribution in [0, 0.1) is 11.7 Å². The van der Waals surface area contributed by atoms with Gasteiger partial charge in [-0.3, -0.25) is 24.0 Å². The van der Waals surface area contributed by atoms with Crippen molar-refractivity contribution < 1.29 is 49.9 Å². The molecule has 0 spiro atoms. The number of ether oxygens (including phenoxy) is 1. The smallest absolute Gasteiger partial charge is 0.434 e. The number of carbonyl (C=O) groups excluding carboxylic acids is 4. The molecule has 4 amide bonds. The maximum absolute atomic E-state index is 14.4. The number of anilines is 1. The molecule has 2 saturated carbocycles. The number of halogens is 4. The van der Waals surface area contributed by atoms with Gasteiger partial charge in [-0.2, -0.15) is 13.2 Å². The number of sulfonamides is 1. The number of fused-ring (bicyclic) bond motifs is 3. The summed E-state index contributed by atoms with van der Waals surface area (Å²) in [5.41, 5.74) is -1.78. The predicted octanol–water partition coefficient (Wildman–Crippen LogP) is 4.21. The number of thiazole rings is 1. The number of rotatable bonds is 6. The second-order valence-corrected chi connectivity index (χ2v) is 17.0. The van der Waals surface area contributed by atoms with Crippen molar-refractivity contribution >= 4 is 50.3 Å². The lowest BCUT2D eigenvalue weighted by Gasteiger charge is -2.29. The van der Waals surface area contributed by atoms with E-state index in [9.17, 15) is 45.2 Å². The van der Waals surface area contributed by atoms with Gasteiger partial charge in [0, 0.05) is 29.8 Å². The largest absolute Gasteiger partial charge is 0.444 e. The minimum Gasteiger partial charge on any atom is -0.444 e. The average Bonchev–Trinajstić information content (AvgIpc) is 3.88. The van der Waals surface area contributed by atoms with Crippen molar-refractivity contribution in [2.24, 2.45) is 5.92 Å². The molecular weight excluding hydrogens is 745 g/mol. The third-order valence-electron chi connectivity index (χ3n) is 10.4. The summed E-state index contributed by atoms with van der Waals surface area (Å²) >= 11 is 0.677. The molecule has 1 aromatic heterocycles. The van der Waals surface area contributed by atoms with E-state index < -0.39 is 86.4 Å². The SMILES string of the molecule is O=C1N[C@]2(C(=O)NS(=O)(=O)C3CC3)CC2/C=C\CCCCC[C@H](Nc2nc(C(F)(F)F)cs2)C(=O)N2C[C@H](OC(=O)N3Cc4cccc(F)c4C3)C[C@@H]12. The Morgan fingerprint density at radius 2 is 1.89 bits per heavy atom. The molecule has 3 N–H and O–H groups in total. The zero-order valence-electron chi connectivity index (χ0n) is 28.4.